The fourth-order valence-corrected chi connectivity index (χ4v) is 3.10. The first-order chi connectivity index (χ1) is 13.3. The summed E-state index contributed by atoms with van der Waals surface area (Å²) >= 11 is 2.23. The third-order valence-corrected chi connectivity index (χ3v) is 4.53. The molecule has 0 bridgehead atoms. The molecule has 0 aliphatic carbocycles. The maximum atomic E-state index is 12.7. The van der Waals surface area contributed by atoms with Gasteiger partial charge in [0.05, 0.1) is 17.3 Å². The number of hydrogen-bond acceptors (Lipinski definition) is 5. The molecule has 28 heavy (non-hydrogen) atoms. The van der Waals surface area contributed by atoms with E-state index < -0.39 is 11.6 Å². The molecule has 150 valence electrons. The van der Waals surface area contributed by atoms with Crippen molar-refractivity contribution in [2.24, 2.45) is 5.16 Å². The molecule has 0 fully saturated rings. The van der Waals surface area contributed by atoms with Crippen LogP contribution in [0, 0.1) is 10.5 Å². The van der Waals surface area contributed by atoms with Crippen molar-refractivity contribution in [1.29, 1.82) is 0 Å². The van der Waals surface area contributed by atoms with Gasteiger partial charge in [0.25, 0.3) is 5.91 Å². The number of nitrogens with one attached hydrogen (secondary N) is 1. The molecule has 1 atom stereocenters. The van der Waals surface area contributed by atoms with Crippen molar-refractivity contribution in [1.82, 2.24) is 10.3 Å². The van der Waals surface area contributed by atoms with Gasteiger partial charge in [-0.2, -0.15) is 0 Å². The number of amides is 1. The second-order valence-electron chi connectivity index (χ2n) is 7.01. The van der Waals surface area contributed by atoms with Gasteiger partial charge in [0.15, 0.2) is 6.10 Å². The highest BCUT2D eigenvalue weighted by atomic mass is 127. The molecular weight excluding hydrogens is 469 g/mol. The first-order valence-electron chi connectivity index (χ1n) is 9.07. The molecule has 7 heteroatoms. The first-order valence-corrected chi connectivity index (χ1v) is 10.2. The Labute approximate surface area is 179 Å². The Morgan fingerprint density at radius 1 is 1.43 bits per heavy atom. The number of ether oxygens (including phenoxy) is 1. The zero-order valence-corrected chi connectivity index (χ0v) is 18.8. The Balaban J connectivity index is 2.12. The molecule has 0 radical (unpaired) electrons. The van der Waals surface area contributed by atoms with Crippen molar-refractivity contribution in [3.63, 3.8) is 0 Å². The topological polar surface area (TPSA) is 72.8 Å². The van der Waals surface area contributed by atoms with Crippen molar-refractivity contribution in [3.05, 3.63) is 46.2 Å². The molecule has 0 aliphatic rings. The lowest BCUT2D eigenvalue weighted by molar-refractivity contribution is -0.129. The van der Waals surface area contributed by atoms with Crippen LogP contribution >= 0.6 is 22.6 Å². The van der Waals surface area contributed by atoms with Crippen molar-refractivity contribution < 1.29 is 14.4 Å². The maximum Gasteiger partial charge on any atom is 0.261 e. The summed E-state index contributed by atoms with van der Waals surface area (Å²) < 4.78 is 7.06. The Kier molecular flexibility index (Phi) is 7.79. The molecule has 2 rings (SSSR count). The van der Waals surface area contributed by atoms with Gasteiger partial charge in [0, 0.05) is 15.2 Å². The van der Waals surface area contributed by atoms with Crippen LogP contribution in [0.1, 0.15) is 32.8 Å². The molecule has 0 saturated carbocycles. The minimum absolute atomic E-state index is 0.207. The second-order valence-corrected chi connectivity index (χ2v) is 8.26. The van der Waals surface area contributed by atoms with Crippen LogP contribution < -0.4 is 10.1 Å². The van der Waals surface area contributed by atoms with Crippen LogP contribution in [0.5, 0.6) is 5.75 Å². The van der Waals surface area contributed by atoms with Crippen LogP contribution in [0.4, 0.5) is 0 Å². The smallest absolute Gasteiger partial charge is 0.261 e. The predicted molar refractivity (Wildman–Crippen MR) is 121 cm³/mol. The van der Waals surface area contributed by atoms with Gasteiger partial charge in [0.1, 0.15) is 12.4 Å². The summed E-state index contributed by atoms with van der Waals surface area (Å²) in [7, 11) is 0. The molecule has 0 spiro atoms. The normalized spacial score (nSPS) is 12.8. The van der Waals surface area contributed by atoms with Gasteiger partial charge < -0.3 is 14.9 Å². The van der Waals surface area contributed by atoms with Gasteiger partial charge >= 0.3 is 0 Å². The number of halogens is 1. The average Bonchev–Trinajstić information content (AvgIpc) is 2.62. The van der Waals surface area contributed by atoms with Crippen molar-refractivity contribution >= 4 is 45.6 Å². The molecule has 1 unspecified atom stereocenters. The number of carbonyl (C=O) groups is 1. The standard InChI is InChI=1S/C21H26IN3O3/c1-6-8-27-24-13-21(4,5)25-20(26)18(7-2)28-17-9-14(3)19-15(11-17)10-16(22)12-23-19/h6,9-13,18H,1,7-8H2,2-5H3,(H,25,26). The highest BCUT2D eigenvalue weighted by molar-refractivity contribution is 14.1. The van der Waals surface area contributed by atoms with Crippen LogP contribution in [-0.4, -0.2) is 35.4 Å². The lowest BCUT2D eigenvalue weighted by Gasteiger charge is -2.25. The lowest BCUT2D eigenvalue weighted by Crippen LogP contribution is -2.50. The van der Waals surface area contributed by atoms with E-state index in [0.29, 0.717) is 18.8 Å². The number of carbonyl (C=O) groups excluding carboxylic acids is 1. The number of aryl methyl sites for hydroxylation is 1. The zero-order chi connectivity index (χ0) is 20.7. The third-order valence-electron chi connectivity index (χ3n) is 3.94. The van der Waals surface area contributed by atoms with Gasteiger partial charge in [-0.25, -0.2) is 0 Å². The number of hydrogen-bond donors (Lipinski definition) is 1. The van der Waals surface area contributed by atoms with E-state index in [9.17, 15) is 4.79 Å². The summed E-state index contributed by atoms with van der Waals surface area (Å²) in [6, 6.07) is 5.88. The first kappa shape index (κ1) is 22.1. The molecule has 1 amide bonds. The van der Waals surface area contributed by atoms with Crippen molar-refractivity contribution in [3.8, 4) is 5.75 Å². The van der Waals surface area contributed by atoms with Crippen LogP contribution in [0.25, 0.3) is 10.9 Å². The highest BCUT2D eigenvalue weighted by Gasteiger charge is 2.25. The Morgan fingerprint density at radius 2 is 2.18 bits per heavy atom. The number of rotatable bonds is 9. The lowest BCUT2D eigenvalue weighted by atomic mass is 10.1. The van der Waals surface area contributed by atoms with E-state index in [4.69, 9.17) is 9.57 Å². The molecule has 1 aromatic heterocycles. The summed E-state index contributed by atoms with van der Waals surface area (Å²) in [4.78, 5) is 22.2. The summed E-state index contributed by atoms with van der Waals surface area (Å²) in [6.45, 7) is 11.5. The number of oxime groups is 1. The molecule has 0 saturated heterocycles. The van der Waals surface area contributed by atoms with Crippen molar-refractivity contribution in [2.45, 2.75) is 45.8 Å². The quantitative estimate of drug-likeness (QED) is 0.184. The molecule has 1 aromatic carbocycles. The van der Waals surface area contributed by atoms with Gasteiger partial charge in [-0.3, -0.25) is 9.78 Å². The molecule has 1 N–H and O–H groups in total. The largest absolute Gasteiger partial charge is 0.481 e. The van der Waals surface area contributed by atoms with Crippen LogP contribution in [0.15, 0.2) is 42.2 Å². The molecule has 0 aliphatic heterocycles. The van der Waals surface area contributed by atoms with Gasteiger partial charge in [-0.1, -0.05) is 24.7 Å². The summed E-state index contributed by atoms with van der Waals surface area (Å²) in [5.74, 6) is 0.442. The summed E-state index contributed by atoms with van der Waals surface area (Å²) in [5.41, 5.74) is 1.27. The summed E-state index contributed by atoms with van der Waals surface area (Å²) in [5, 5.41) is 7.77. The van der Waals surface area contributed by atoms with Crippen LogP contribution in [0.2, 0.25) is 0 Å². The molecule has 1 heterocycles. The number of benzene rings is 1. The Morgan fingerprint density at radius 3 is 2.86 bits per heavy atom. The van der Waals surface area contributed by atoms with E-state index in [-0.39, 0.29) is 5.91 Å². The zero-order valence-electron chi connectivity index (χ0n) is 16.7. The minimum Gasteiger partial charge on any atom is -0.481 e. The Bertz CT molecular complexity index is 881. The Hall–Kier alpha value is -2.16. The van der Waals surface area contributed by atoms with Crippen molar-refractivity contribution in [2.75, 3.05) is 6.61 Å². The maximum absolute atomic E-state index is 12.7. The highest BCUT2D eigenvalue weighted by Crippen LogP contribution is 2.26. The molecule has 6 nitrogen and oxygen atoms in total. The summed E-state index contributed by atoms with van der Waals surface area (Å²) in [6.07, 6.45) is 4.91. The predicted octanol–water partition coefficient (Wildman–Crippen LogP) is 4.39. The second kappa shape index (κ2) is 9.86. The van der Waals surface area contributed by atoms with E-state index in [0.717, 1.165) is 20.0 Å². The molecular formula is C21H26IN3O3. The van der Waals surface area contributed by atoms with E-state index in [1.807, 2.05) is 52.1 Å². The number of nitrogens with zero attached hydrogens (tertiary/aromatic N) is 2. The number of pyridine rings is 1. The molecule has 2 aromatic rings. The fraction of sp³-hybridized carbons (Fsp3) is 0.381. The minimum atomic E-state index is -0.672. The van der Waals surface area contributed by atoms with Crippen LogP contribution in [0.3, 0.4) is 0 Å². The average molecular weight is 495 g/mol. The van der Waals surface area contributed by atoms with Gasteiger partial charge in [-0.15, -0.1) is 0 Å². The monoisotopic (exact) mass is 495 g/mol. The number of aromatic nitrogens is 1. The van der Waals surface area contributed by atoms with E-state index in [1.54, 1.807) is 12.3 Å². The van der Waals surface area contributed by atoms with E-state index >= 15 is 0 Å². The fourth-order valence-electron chi connectivity index (χ4n) is 2.62. The number of fused-ring (bicyclic) bond motifs is 1. The van der Waals surface area contributed by atoms with E-state index in [2.05, 4.69) is 44.6 Å². The van der Waals surface area contributed by atoms with Gasteiger partial charge in [-0.05, 0) is 73.5 Å². The van der Waals surface area contributed by atoms with Crippen LogP contribution in [-0.2, 0) is 9.63 Å². The third kappa shape index (κ3) is 6.19. The van der Waals surface area contributed by atoms with E-state index in [1.165, 1.54) is 0 Å². The SMILES string of the molecule is C=CCON=CC(C)(C)NC(=O)C(CC)Oc1cc(C)c2ncc(I)cc2c1. The van der Waals surface area contributed by atoms with Gasteiger partial charge in [0.2, 0.25) is 0 Å².